The Morgan fingerprint density at radius 1 is 1.53 bits per heavy atom. The summed E-state index contributed by atoms with van der Waals surface area (Å²) in [5.74, 6) is 0.564. The van der Waals surface area contributed by atoms with Crippen LogP contribution >= 0.6 is 11.3 Å². The van der Waals surface area contributed by atoms with Crippen LogP contribution in [0.5, 0.6) is 0 Å². The summed E-state index contributed by atoms with van der Waals surface area (Å²) in [6, 6.07) is 2.96. The van der Waals surface area contributed by atoms with Gasteiger partial charge in [-0.2, -0.15) is 0 Å². The molecule has 0 aromatic carbocycles. The molecule has 0 spiro atoms. The third-order valence-electron chi connectivity index (χ3n) is 1.62. The Bertz CT molecular complexity index is 492. The number of rotatable bonds is 3. The molecule has 0 aliphatic carbocycles. The van der Waals surface area contributed by atoms with Gasteiger partial charge in [0, 0.05) is 6.07 Å². The van der Waals surface area contributed by atoms with Crippen molar-refractivity contribution in [3.8, 4) is 10.8 Å². The number of nitrogens with two attached hydrogens (primary N) is 1. The maximum Gasteiger partial charge on any atom is 0.324 e. The lowest BCUT2D eigenvalue weighted by atomic mass is 10.5. The van der Waals surface area contributed by atoms with E-state index < -0.39 is 4.92 Å². The van der Waals surface area contributed by atoms with Gasteiger partial charge in [0.1, 0.15) is 0 Å². The highest BCUT2D eigenvalue weighted by Gasteiger charge is 2.15. The average molecular weight is 226 g/mol. The van der Waals surface area contributed by atoms with Crippen molar-refractivity contribution in [2.75, 3.05) is 0 Å². The van der Waals surface area contributed by atoms with E-state index in [0.717, 1.165) is 11.3 Å². The lowest BCUT2D eigenvalue weighted by molar-refractivity contribution is -0.380. The highest BCUT2D eigenvalue weighted by atomic mass is 32.1. The Hall–Kier alpha value is -1.80. The summed E-state index contributed by atoms with van der Waals surface area (Å²) in [5.41, 5.74) is 5.29. The Kier molecular flexibility index (Phi) is 2.44. The van der Waals surface area contributed by atoms with Crippen LogP contribution in [-0.2, 0) is 6.54 Å². The second kappa shape index (κ2) is 3.75. The van der Waals surface area contributed by atoms with E-state index in [1.54, 1.807) is 6.07 Å². The highest BCUT2D eigenvalue weighted by molar-refractivity contribution is 7.18. The van der Waals surface area contributed by atoms with Crippen LogP contribution in [-0.4, -0.2) is 15.1 Å². The monoisotopic (exact) mass is 226 g/mol. The fourth-order valence-corrected chi connectivity index (χ4v) is 1.72. The van der Waals surface area contributed by atoms with E-state index in [9.17, 15) is 10.1 Å². The quantitative estimate of drug-likeness (QED) is 0.621. The Labute approximate surface area is 87.7 Å². The predicted molar refractivity (Wildman–Crippen MR) is 52.2 cm³/mol. The van der Waals surface area contributed by atoms with E-state index in [1.165, 1.54) is 6.07 Å². The van der Waals surface area contributed by atoms with Gasteiger partial charge in [0.15, 0.2) is 0 Å². The molecule has 15 heavy (non-hydrogen) atoms. The maximum atomic E-state index is 10.4. The Balaban J connectivity index is 2.32. The van der Waals surface area contributed by atoms with Gasteiger partial charge < -0.3 is 10.2 Å². The first-order valence-electron chi connectivity index (χ1n) is 3.97. The molecule has 0 saturated heterocycles. The molecular formula is C7H6N4O3S. The molecule has 0 unspecified atom stereocenters. The maximum absolute atomic E-state index is 10.4. The zero-order valence-electron chi connectivity index (χ0n) is 7.41. The van der Waals surface area contributed by atoms with Gasteiger partial charge in [0.2, 0.25) is 5.89 Å². The molecule has 7 nitrogen and oxygen atoms in total. The first-order valence-corrected chi connectivity index (χ1v) is 4.79. The summed E-state index contributed by atoms with van der Waals surface area (Å²) in [5, 5.41) is 17.9. The van der Waals surface area contributed by atoms with Crippen LogP contribution in [0.3, 0.4) is 0 Å². The minimum absolute atomic E-state index is 0.0394. The lowest BCUT2D eigenvalue weighted by Gasteiger charge is -1.85. The second-order valence-corrected chi connectivity index (χ2v) is 3.66. The molecule has 0 aliphatic heterocycles. The van der Waals surface area contributed by atoms with Gasteiger partial charge >= 0.3 is 5.00 Å². The first kappa shape index (κ1) is 9.74. The molecule has 0 saturated carbocycles. The van der Waals surface area contributed by atoms with Crippen LogP contribution in [0, 0.1) is 10.1 Å². The van der Waals surface area contributed by atoms with Crippen LogP contribution in [0.1, 0.15) is 5.89 Å². The van der Waals surface area contributed by atoms with E-state index in [0.29, 0.717) is 10.8 Å². The van der Waals surface area contributed by atoms with E-state index in [-0.39, 0.29) is 17.4 Å². The van der Waals surface area contributed by atoms with Gasteiger partial charge in [0.25, 0.3) is 5.89 Å². The molecule has 0 fully saturated rings. The molecule has 2 heterocycles. The standard InChI is InChI=1S/C7H6N4O3S/c8-3-5-9-10-7(14-5)4-1-2-6(15-4)11(12)13/h1-2H,3,8H2. The molecule has 2 rings (SSSR count). The largest absolute Gasteiger partial charge is 0.419 e. The van der Waals surface area contributed by atoms with Gasteiger partial charge in [-0.25, -0.2) is 0 Å². The summed E-state index contributed by atoms with van der Waals surface area (Å²) in [6.45, 7) is 0.153. The normalized spacial score (nSPS) is 10.5. The van der Waals surface area contributed by atoms with Crippen LogP contribution < -0.4 is 5.73 Å². The summed E-state index contributed by atoms with van der Waals surface area (Å²) in [4.78, 5) is 10.5. The van der Waals surface area contributed by atoms with Crippen LogP contribution in [0.15, 0.2) is 16.5 Å². The number of hydrogen-bond acceptors (Lipinski definition) is 7. The zero-order valence-corrected chi connectivity index (χ0v) is 8.23. The van der Waals surface area contributed by atoms with E-state index in [1.807, 2.05) is 0 Å². The van der Waals surface area contributed by atoms with Crippen molar-refractivity contribution >= 4 is 16.3 Å². The second-order valence-electron chi connectivity index (χ2n) is 2.60. The van der Waals surface area contributed by atoms with Gasteiger partial charge in [-0.1, -0.05) is 11.3 Å². The predicted octanol–water partition coefficient (Wildman–Crippen LogP) is 1.16. The van der Waals surface area contributed by atoms with Crippen molar-refractivity contribution in [1.29, 1.82) is 0 Å². The van der Waals surface area contributed by atoms with E-state index >= 15 is 0 Å². The molecule has 2 N–H and O–H groups in total. The minimum Gasteiger partial charge on any atom is -0.419 e. The van der Waals surface area contributed by atoms with Crippen LogP contribution in [0.4, 0.5) is 5.00 Å². The molecule has 78 valence electrons. The van der Waals surface area contributed by atoms with Gasteiger partial charge in [-0.3, -0.25) is 10.1 Å². The lowest BCUT2D eigenvalue weighted by Crippen LogP contribution is -1.95. The van der Waals surface area contributed by atoms with E-state index in [2.05, 4.69) is 10.2 Å². The van der Waals surface area contributed by atoms with Crippen LogP contribution in [0.2, 0.25) is 0 Å². The number of nitro groups is 1. The summed E-state index contributed by atoms with van der Waals surface area (Å²) in [7, 11) is 0. The minimum atomic E-state index is -0.464. The Morgan fingerprint density at radius 3 is 2.87 bits per heavy atom. The smallest absolute Gasteiger partial charge is 0.324 e. The fraction of sp³-hybridized carbons (Fsp3) is 0.143. The highest BCUT2D eigenvalue weighted by Crippen LogP contribution is 2.31. The van der Waals surface area contributed by atoms with Gasteiger partial charge in [-0.05, 0) is 6.07 Å². The molecule has 0 aliphatic rings. The number of thiophene rings is 1. The fourth-order valence-electron chi connectivity index (χ4n) is 0.976. The van der Waals surface area contributed by atoms with Crippen molar-refractivity contribution in [3.63, 3.8) is 0 Å². The van der Waals surface area contributed by atoms with Crippen molar-refractivity contribution in [1.82, 2.24) is 10.2 Å². The number of hydrogen-bond donors (Lipinski definition) is 1. The number of aromatic nitrogens is 2. The van der Waals surface area contributed by atoms with Crippen molar-refractivity contribution in [3.05, 3.63) is 28.1 Å². The summed E-state index contributed by atoms with van der Waals surface area (Å²) >= 11 is 0.982. The average Bonchev–Trinajstić information content (AvgIpc) is 2.86. The van der Waals surface area contributed by atoms with Crippen molar-refractivity contribution in [2.45, 2.75) is 6.54 Å². The van der Waals surface area contributed by atoms with Crippen molar-refractivity contribution in [2.24, 2.45) is 5.73 Å². The van der Waals surface area contributed by atoms with Crippen LogP contribution in [0.25, 0.3) is 10.8 Å². The summed E-state index contributed by atoms with van der Waals surface area (Å²) < 4.78 is 5.15. The Morgan fingerprint density at radius 2 is 2.33 bits per heavy atom. The third-order valence-corrected chi connectivity index (χ3v) is 2.65. The summed E-state index contributed by atoms with van der Waals surface area (Å²) in [6.07, 6.45) is 0. The topological polar surface area (TPSA) is 108 Å². The molecule has 2 aromatic rings. The van der Waals surface area contributed by atoms with Gasteiger partial charge in [-0.15, -0.1) is 10.2 Å². The van der Waals surface area contributed by atoms with Gasteiger partial charge in [0.05, 0.1) is 16.3 Å². The molecule has 8 heteroatoms. The van der Waals surface area contributed by atoms with E-state index in [4.69, 9.17) is 10.2 Å². The molecule has 0 bridgehead atoms. The first-order chi connectivity index (χ1) is 7.20. The van der Waals surface area contributed by atoms with Crippen molar-refractivity contribution < 1.29 is 9.34 Å². The molecular weight excluding hydrogens is 220 g/mol. The molecule has 0 atom stereocenters. The molecule has 2 aromatic heterocycles. The molecule has 0 amide bonds. The zero-order chi connectivity index (χ0) is 10.8. The third kappa shape index (κ3) is 1.85. The molecule has 0 radical (unpaired) electrons. The SMILES string of the molecule is NCc1nnc(-c2ccc([N+](=O)[O-])s2)o1. The number of nitrogens with zero attached hydrogens (tertiary/aromatic N) is 3.